The summed E-state index contributed by atoms with van der Waals surface area (Å²) in [5, 5.41) is 6.63. The second-order valence-corrected chi connectivity index (χ2v) is 15.6. The molecule has 58 heavy (non-hydrogen) atoms. The van der Waals surface area contributed by atoms with E-state index >= 15 is 0 Å². The number of rotatable bonds is 6. The Morgan fingerprint density at radius 1 is 0.379 bits per heavy atom. The van der Waals surface area contributed by atoms with Crippen molar-refractivity contribution in [3.63, 3.8) is 0 Å². The first-order valence-electron chi connectivity index (χ1n) is 19.1. The van der Waals surface area contributed by atoms with E-state index in [0.717, 1.165) is 83.3 Å². The van der Waals surface area contributed by atoms with Crippen LogP contribution in [-0.2, 0) is 0 Å². The standard InChI is InChI=1S/C51H30N4O2S/c1-2-8-48-41(5-1)44-30-54-45(29-49(44)58-48)33-13-21-38(22-14-33)55(36-17-9-31(10-18-36)34-15-23-39-42-6-3-25-52-50(42)56-46(39)27-34)37-19-11-32(12-20-37)35-16-24-40-43-7-4-26-53-51(43)57-47(40)28-35/h1-30H. The van der Waals surface area contributed by atoms with Crippen molar-refractivity contribution < 1.29 is 8.83 Å². The molecule has 0 saturated heterocycles. The van der Waals surface area contributed by atoms with E-state index in [1.165, 1.54) is 20.2 Å². The molecule has 0 spiro atoms. The lowest BCUT2D eigenvalue weighted by atomic mass is 10.0. The summed E-state index contributed by atoms with van der Waals surface area (Å²) in [7, 11) is 0. The van der Waals surface area contributed by atoms with Gasteiger partial charge < -0.3 is 13.7 Å². The topological polar surface area (TPSA) is 68.2 Å². The van der Waals surface area contributed by atoms with Crippen LogP contribution in [0.3, 0.4) is 0 Å². The predicted octanol–water partition coefficient (Wildman–Crippen LogP) is 14.5. The van der Waals surface area contributed by atoms with Gasteiger partial charge in [0, 0.05) is 82.9 Å². The molecule has 6 aromatic heterocycles. The Bertz CT molecular complexity index is 3140. The lowest BCUT2D eigenvalue weighted by Crippen LogP contribution is -2.09. The molecule has 6 heterocycles. The van der Waals surface area contributed by atoms with Gasteiger partial charge in [-0.25, -0.2) is 9.97 Å². The Kier molecular flexibility index (Phi) is 7.30. The molecule has 0 aliphatic heterocycles. The third-order valence-electron chi connectivity index (χ3n) is 11.1. The largest absolute Gasteiger partial charge is 0.438 e. The van der Waals surface area contributed by atoms with Crippen LogP contribution in [0.1, 0.15) is 0 Å². The maximum Gasteiger partial charge on any atom is 0.227 e. The second-order valence-electron chi connectivity index (χ2n) is 14.5. The molecule has 0 aliphatic carbocycles. The minimum absolute atomic E-state index is 0.654. The van der Waals surface area contributed by atoms with Gasteiger partial charge in [0.15, 0.2) is 0 Å². The van der Waals surface area contributed by atoms with E-state index in [4.69, 9.17) is 13.8 Å². The third kappa shape index (κ3) is 5.36. The van der Waals surface area contributed by atoms with Gasteiger partial charge in [-0.3, -0.25) is 4.98 Å². The van der Waals surface area contributed by atoms with Gasteiger partial charge in [0.2, 0.25) is 11.4 Å². The highest BCUT2D eigenvalue weighted by Gasteiger charge is 2.16. The van der Waals surface area contributed by atoms with Crippen LogP contribution in [0, 0.1) is 0 Å². The molecule has 6 aromatic carbocycles. The van der Waals surface area contributed by atoms with Crippen LogP contribution in [0.2, 0.25) is 0 Å². The summed E-state index contributed by atoms with van der Waals surface area (Å²) >= 11 is 1.81. The smallest absolute Gasteiger partial charge is 0.227 e. The Morgan fingerprint density at radius 3 is 1.45 bits per heavy atom. The predicted molar refractivity (Wildman–Crippen MR) is 238 cm³/mol. The molecule has 12 aromatic rings. The van der Waals surface area contributed by atoms with E-state index in [-0.39, 0.29) is 0 Å². The number of hydrogen-bond donors (Lipinski definition) is 0. The van der Waals surface area contributed by atoms with E-state index in [9.17, 15) is 0 Å². The fraction of sp³-hybridized carbons (Fsp3) is 0. The number of furan rings is 2. The van der Waals surface area contributed by atoms with Crippen molar-refractivity contribution in [2.24, 2.45) is 0 Å². The highest BCUT2D eigenvalue weighted by Crippen LogP contribution is 2.40. The van der Waals surface area contributed by atoms with E-state index in [1.54, 1.807) is 12.4 Å². The summed E-state index contributed by atoms with van der Waals surface area (Å²) < 4.78 is 14.7. The molecule has 0 aliphatic rings. The Morgan fingerprint density at radius 2 is 0.879 bits per heavy atom. The Labute approximate surface area is 335 Å². The summed E-state index contributed by atoms with van der Waals surface area (Å²) in [6.07, 6.45) is 5.54. The first kappa shape index (κ1) is 32.6. The summed E-state index contributed by atoms with van der Waals surface area (Å²) in [4.78, 5) is 16.0. The van der Waals surface area contributed by atoms with Gasteiger partial charge in [-0.2, -0.15) is 0 Å². The van der Waals surface area contributed by atoms with Crippen LogP contribution in [0.25, 0.3) is 97.8 Å². The van der Waals surface area contributed by atoms with Gasteiger partial charge >= 0.3 is 0 Å². The van der Waals surface area contributed by atoms with Gasteiger partial charge in [-0.1, -0.05) is 66.7 Å². The second kappa shape index (κ2) is 13.0. The molecular formula is C51H30N4O2S. The maximum absolute atomic E-state index is 6.11. The summed E-state index contributed by atoms with van der Waals surface area (Å²) in [5.74, 6) is 0. The molecule has 0 N–H and O–H groups in total. The van der Waals surface area contributed by atoms with Crippen LogP contribution in [-0.4, -0.2) is 15.0 Å². The van der Waals surface area contributed by atoms with E-state index in [2.05, 4.69) is 154 Å². The number of anilines is 3. The van der Waals surface area contributed by atoms with Crippen molar-refractivity contribution in [1.82, 2.24) is 15.0 Å². The average Bonchev–Trinajstić information content (AvgIpc) is 3.97. The van der Waals surface area contributed by atoms with Gasteiger partial charge in [0.1, 0.15) is 11.2 Å². The maximum atomic E-state index is 6.11. The van der Waals surface area contributed by atoms with E-state index in [1.807, 2.05) is 41.8 Å². The fourth-order valence-corrected chi connectivity index (χ4v) is 9.31. The van der Waals surface area contributed by atoms with Crippen molar-refractivity contribution >= 4 is 92.7 Å². The highest BCUT2D eigenvalue weighted by molar-refractivity contribution is 7.25. The minimum atomic E-state index is 0.654. The van der Waals surface area contributed by atoms with Crippen LogP contribution in [0.4, 0.5) is 17.1 Å². The average molecular weight is 763 g/mol. The minimum Gasteiger partial charge on any atom is -0.438 e. The normalized spacial score (nSPS) is 11.8. The molecule has 0 saturated carbocycles. The molecule has 0 bridgehead atoms. The molecule has 0 atom stereocenters. The van der Waals surface area contributed by atoms with Crippen molar-refractivity contribution in [3.8, 4) is 33.5 Å². The zero-order chi connectivity index (χ0) is 38.2. The molecule has 12 rings (SSSR count). The van der Waals surface area contributed by atoms with Gasteiger partial charge in [0.05, 0.1) is 5.69 Å². The van der Waals surface area contributed by atoms with Gasteiger partial charge in [0.25, 0.3) is 0 Å². The zero-order valence-corrected chi connectivity index (χ0v) is 31.7. The number of pyridine rings is 3. The zero-order valence-electron chi connectivity index (χ0n) is 30.8. The highest BCUT2D eigenvalue weighted by atomic mass is 32.1. The number of nitrogens with zero attached hydrogens (tertiary/aromatic N) is 4. The molecule has 0 radical (unpaired) electrons. The number of fused-ring (bicyclic) bond motifs is 9. The van der Waals surface area contributed by atoms with Crippen molar-refractivity contribution in [1.29, 1.82) is 0 Å². The number of thiophene rings is 1. The fourth-order valence-electron chi connectivity index (χ4n) is 8.19. The Hall–Kier alpha value is -7.61. The van der Waals surface area contributed by atoms with Crippen molar-refractivity contribution in [2.75, 3.05) is 4.90 Å². The monoisotopic (exact) mass is 762 g/mol. The quantitative estimate of drug-likeness (QED) is 0.168. The molecule has 272 valence electrons. The van der Waals surface area contributed by atoms with Crippen LogP contribution < -0.4 is 4.90 Å². The number of benzene rings is 6. The molecule has 7 heteroatoms. The van der Waals surface area contributed by atoms with Crippen LogP contribution >= 0.6 is 11.3 Å². The van der Waals surface area contributed by atoms with Crippen LogP contribution in [0.5, 0.6) is 0 Å². The van der Waals surface area contributed by atoms with Gasteiger partial charge in [-0.15, -0.1) is 11.3 Å². The summed E-state index contributed by atoms with van der Waals surface area (Å²) in [5.41, 5.74) is 12.5. The Balaban J connectivity index is 0.911. The first-order chi connectivity index (χ1) is 28.7. The summed E-state index contributed by atoms with van der Waals surface area (Å²) in [6.45, 7) is 0. The molecule has 0 fully saturated rings. The first-order valence-corrected chi connectivity index (χ1v) is 20.0. The SMILES string of the molecule is c1ccc2c(c1)sc1cc(-c3ccc(N(c4ccc(-c5ccc6c(c5)oc5ncccc56)cc4)c4ccc(-c5ccc6c(c5)oc5ncccc56)cc4)cc3)ncc12. The van der Waals surface area contributed by atoms with Crippen molar-refractivity contribution in [2.45, 2.75) is 0 Å². The van der Waals surface area contributed by atoms with E-state index in [0.29, 0.717) is 11.4 Å². The molecule has 0 unspecified atom stereocenters. The van der Waals surface area contributed by atoms with E-state index < -0.39 is 0 Å². The number of hydrogen-bond acceptors (Lipinski definition) is 7. The van der Waals surface area contributed by atoms with Gasteiger partial charge in [-0.05, 0) is 119 Å². The molecule has 0 amide bonds. The lowest BCUT2D eigenvalue weighted by Gasteiger charge is -2.26. The van der Waals surface area contributed by atoms with Crippen LogP contribution in [0.15, 0.2) is 191 Å². The number of aromatic nitrogens is 3. The lowest BCUT2D eigenvalue weighted by molar-refractivity contribution is 0.654. The third-order valence-corrected chi connectivity index (χ3v) is 12.2. The molecule has 6 nitrogen and oxygen atoms in total. The van der Waals surface area contributed by atoms with Crippen molar-refractivity contribution in [3.05, 3.63) is 182 Å². The summed E-state index contributed by atoms with van der Waals surface area (Å²) in [6, 6.07) is 57.6. The molecular weight excluding hydrogens is 733 g/mol.